The molecule has 0 aliphatic rings. The fourth-order valence-corrected chi connectivity index (χ4v) is 2.36. The van der Waals surface area contributed by atoms with Crippen molar-refractivity contribution in [3.8, 4) is 0 Å². The zero-order valence-electron chi connectivity index (χ0n) is 11.6. The monoisotopic (exact) mass is 365 g/mol. The molecule has 2 heterocycles. The van der Waals surface area contributed by atoms with Gasteiger partial charge in [0, 0.05) is 43.5 Å². The SMILES string of the molecule is [CH2-]c1cnc2scc(C(=O)OC(C)(C)C)c(=O)c2c1.[Y]. The first-order valence-electron chi connectivity index (χ1n) is 5.75. The number of pyridine rings is 1. The molecule has 0 fully saturated rings. The third-order valence-electron chi connectivity index (χ3n) is 2.30. The third kappa shape index (κ3) is 3.87. The van der Waals surface area contributed by atoms with Gasteiger partial charge in [0.05, 0.1) is 0 Å². The van der Waals surface area contributed by atoms with Crippen LogP contribution in [0.5, 0.6) is 0 Å². The molecule has 103 valence electrons. The van der Waals surface area contributed by atoms with E-state index in [1.54, 1.807) is 33.0 Å². The number of ether oxygens (including phenoxy) is 1. The molecule has 0 aliphatic carbocycles. The molecule has 0 atom stereocenters. The van der Waals surface area contributed by atoms with Gasteiger partial charge in [-0.15, -0.1) is 17.4 Å². The van der Waals surface area contributed by atoms with Crippen LogP contribution >= 0.6 is 11.3 Å². The van der Waals surface area contributed by atoms with Crippen molar-refractivity contribution in [2.24, 2.45) is 0 Å². The Bertz CT molecular complexity index is 704. The fourth-order valence-electron chi connectivity index (χ4n) is 1.54. The first-order chi connectivity index (χ1) is 8.78. The summed E-state index contributed by atoms with van der Waals surface area (Å²) >= 11 is 1.24. The van der Waals surface area contributed by atoms with Gasteiger partial charge in [0.1, 0.15) is 16.0 Å². The quantitative estimate of drug-likeness (QED) is 0.576. The van der Waals surface area contributed by atoms with Gasteiger partial charge in [-0.1, -0.05) is 6.20 Å². The predicted molar refractivity (Wildman–Crippen MR) is 75.5 cm³/mol. The maximum absolute atomic E-state index is 12.2. The van der Waals surface area contributed by atoms with Crippen molar-refractivity contribution in [2.45, 2.75) is 26.4 Å². The summed E-state index contributed by atoms with van der Waals surface area (Å²) in [5.74, 6) is -0.606. The van der Waals surface area contributed by atoms with Crippen LogP contribution in [0.3, 0.4) is 0 Å². The average molecular weight is 365 g/mol. The average Bonchev–Trinajstić information content (AvgIpc) is 2.28. The Hall–Kier alpha value is -0.776. The van der Waals surface area contributed by atoms with E-state index in [0.717, 1.165) is 0 Å². The van der Waals surface area contributed by atoms with Crippen LogP contribution < -0.4 is 5.43 Å². The minimum absolute atomic E-state index is 0. The Kier molecular flexibility index (Phi) is 5.47. The number of nitrogens with zero attached hydrogens (tertiary/aromatic N) is 1. The van der Waals surface area contributed by atoms with Crippen LogP contribution in [-0.2, 0) is 37.4 Å². The largest absolute Gasteiger partial charge is 0.456 e. The second kappa shape index (κ2) is 6.33. The van der Waals surface area contributed by atoms with Crippen molar-refractivity contribution in [2.75, 3.05) is 0 Å². The smallest absolute Gasteiger partial charge is 0.343 e. The molecule has 20 heavy (non-hydrogen) atoms. The van der Waals surface area contributed by atoms with Crippen molar-refractivity contribution in [1.29, 1.82) is 0 Å². The standard InChI is InChI=1S/C14H14NO3S.Y/c1-8-5-9-11(16)10(7-19-12(9)15-6-8)13(17)18-14(2,3)4;/h5-7H,1H2,2-4H3;/q-1;. The van der Waals surface area contributed by atoms with E-state index in [4.69, 9.17) is 4.74 Å². The minimum Gasteiger partial charge on any atom is -0.456 e. The molecule has 0 spiro atoms. The molecular formula is C14H14NO3SY-. The van der Waals surface area contributed by atoms with E-state index in [9.17, 15) is 9.59 Å². The van der Waals surface area contributed by atoms with Gasteiger partial charge in [0.2, 0.25) is 0 Å². The topological polar surface area (TPSA) is 56.3 Å². The van der Waals surface area contributed by atoms with Crippen LogP contribution in [0.15, 0.2) is 22.4 Å². The van der Waals surface area contributed by atoms with Gasteiger partial charge in [0.25, 0.3) is 0 Å². The summed E-state index contributed by atoms with van der Waals surface area (Å²) in [6, 6.07) is 1.63. The summed E-state index contributed by atoms with van der Waals surface area (Å²) in [7, 11) is 0. The summed E-state index contributed by atoms with van der Waals surface area (Å²) in [5, 5.41) is 1.90. The van der Waals surface area contributed by atoms with E-state index in [0.29, 0.717) is 15.8 Å². The molecule has 0 unspecified atom stereocenters. The second-order valence-electron chi connectivity index (χ2n) is 5.18. The Labute approximate surface area is 146 Å². The van der Waals surface area contributed by atoms with Crippen LogP contribution in [0.25, 0.3) is 10.2 Å². The zero-order valence-corrected chi connectivity index (χ0v) is 15.3. The Morgan fingerprint density at radius 2 is 2.05 bits per heavy atom. The van der Waals surface area contributed by atoms with Gasteiger partial charge < -0.3 is 9.72 Å². The molecule has 2 rings (SSSR count). The summed E-state index contributed by atoms with van der Waals surface area (Å²) < 4.78 is 5.22. The number of aromatic nitrogens is 1. The second-order valence-corrected chi connectivity index (χ2v) is 6.03. The fraction of sp³-hybridized carbons (Fsp3) is 0.286. The first-order valence-corrected chi connectivity index (χ1v) is 6.63. The molecule has 4 nitrogen and oxygen atoms in total. The van der Waals surface area contributed by atoms with Gasteiger partial charge in [0.15, 0.2) is 5.43 Å². The molecule has 2 aromatic rings. The van der Waals surface area contributed by atoms with E-state index in [-0.39, 0.29) is 43.7 Å². The molecule has 0 saturated carbocycles. The molecule has 0 aromatic carbocycles. The normalized spacial score (nSPS) is 10.9. The van der Waals surface area contributed by atoms with Crippen molar-refractivity contribution in [3.63, 3.8) is 0 Å². The number of rotatable bonds is 1. The maximum Gasteiger partial charge on any atom is 0.343 e. The summed E-state index contributed by atoms with van der Waals surface area (Å²) in [4.78, 5) is 28.9. The number of carbonyl (C=O) groups excluding carboxylic acids is 1. The van der Waals surface area contributed by atoms with Crippen LogP contribution in [0.1, 0.15) is 36.7 Å². The van der Waals surface area contributed by atoms with Gasteiger partial charge in [-0.3, -0.25) is 4.79 Å². The molecule has 0 bridgehead atoms. The van der Waals surface area contributed by atoms with Gasteiger partial charge in [-0.05, 0) is 20.8 Å². The van der Waals surface area contributed by atoms with Gasteiger partial charge in [-0.2, -0.15) is 12.5 Å². The van der Waals surface area contributed by atoms with Crippen molar-refractivity contribution < 1.29 is 42.2 Å². The van der Waals surface area contributed by atoms with Gasteiger partial charge in [-0.25, -0.2) is 4.79 Å². The molecule has 2 aromatic heterocycles. The van der Waals surface area contributed by atoms with E-state index in [1.807, 2.05) is 0 Å². The van der Waals surface area contributed by atoms with Crippen LogP contribution in [0.4, 0.5) is 0 Å². The van der Waals surface area contributed by atoms with Crippen molar-refractivity contribution in [3.05, 3.63) is 45.9 Å². The number of fused-ring (bicyclic) bond motifs is 1. The number of esters is 1. The number of carbonyl (C=O) groups is 1. The Morgan fingerprint density at radius 1 is 1.40 bits per heavy atom. The Balaban J connectivity index is 0.00000200. The van der Waals surface area contributed by atoms with E-state index >= 15 is 0 Å². The molecule has 0 N–H and O–H groups in total. The van der Waals surface area contributed by atoms with Crippen molar-refractivity contribution in [1.82, 2.24) is 4.98 Å². The Morgan fingerprint density at radius 3 is 2.65 bits per heavy atom. The van der Waals surface area contributed by atoms with E-state index < -0.39 is 11.6 Å². The minimum atomic E-state index is -0.629. The number of hydrogen-bond acceptors (Lipinski definition) is 5. The predicted octanol–water partition coefficient (Wildman–Crippen LogP) is 2.79. The summed E-state index contributed by atoms with van der Waals surface area (Å²) in [6.45, 7) is 9.01. The van der Waals surface area contributed by atoms with Crippen LogP contribution in [-0.4, -0.2) is 16.6 Å². The zero-order chi connectivity index (χ0) is 14.2. The molecular weight excluding hydrogens is 351 g/mol. The molecule has 0 aliphatic heterocycles. The number of hydrogen-bond donors (Lipinski definition) is 0. The maximum atomic E-state index is 12.2. The summed E-state index contributed by atoms with van der Waals surface area (Å²) in [6.07, 6.45) is 1.59. The van der Waals surface area contributed by atoms with E-state index in [1.165, 1.54) is 16.7 Å². The van der Waals surface area contributed by atoms with Crippen LogP contribution in [0, 0.1) is 6.92 Å². The van der Waals surface area contributed by atoms with Gasteiger partial charge >= 0.3 is 5.97 Å². The van der Waals surface area contributed by atoms with E-state index in [2.05, 4.69) is 11.9 Å². The molecule has 1 radical (unpaired) electrons. The van der Waals surface area contributed by atoms with Crippen molar-refractivity contribution >= 4 is 27.5 Å². The molecule has 0 amide bonds. The van der Waals surface area contributed by atoms with Crippen LogP contribution in [0.2, 0.25) is 0 Å². The molecule has 0 saturated heterocycles. The first kappa shape index (κ1) is 17.3. The molecule has 6 heteroatoms. The summed E-state index contributed by atoms with van der Waals surface area (Å²) in [5.41, 5.74) is -0.311. The third-order valence-corrected chi connectivity index (χ3v) is 3.21.